The van der Waals surface area contributed by atoms with Crippen LogP contribution in [-0.4, -0.2) is 66.2 Å². The first-order valence-corrected chi connectivity index (χ1v) is 8.45. The molecule has 0 radical (unpaired) electrons. The third-order valence-corrected chi connectivity index (χ3v) is 3.85. The summed E-state index contributed by atoms with van der Waals surface area (Å²) in [6, 6.07) is 0.303. The fourth-order valence-electron chi connectivity index (χ4n) is 2.00. The molecule has 0 unspecified atom stereocenters. The Morgan fingerprint density at radius 2 is 1.71 bits per heavy atom. The van der Waals surface area contributed by atoms with Gasteiger partial charge in [-0.15, -0.1) is 0 Å². The van der Waals surface area contributed by atoms with E-state index in [0.717, 1.165) is 17.3 Å². The van der Waals surface area contributed by atoms with Crippen molar-refractivity contribution in [2.45, 2.75) is 32.0 Å². The third-order valence-electron chi connectivity index (χ3n) is 3.57. The molecule has 0 fully saturated rings. The zero-order valence-electron chi connectivity index (χ0n) is 15.9. The van der Waals surface area contributed by atoms with E-state index in [-0.39, 0.29) is 22.5 Å². The second-order valence-corrected chi connectivity index (χ2v) is 7.05. The molecule has 0 aliphatic heterocycles. The van der Waals surface area contributed by atoms with Crippen molar-refractivity contribution in [2.24, 2.45) is 0 Å². The molecular formula is C15H24ClF3N6O3. The van der Waals surface area contributed by atoms with Crippen molar-refractivity contribution in [3.8, 4) is 0 Å². The Balaban J connectivity index is 0.000000887. The van der Waals surface area contributed by atoms with E-state index in [1.807, 2.05) is 0 Å². The number of aromatic nitrogens is 2. The predicted molar refractivity (Wildman–Crippen MR) is 96.0 cm³/mol. The van der Waals surface area contributed by atoms with Crippen molar-refractivity contribution in [2.75, 3.05) is 39.2 Å². The molecule has 0 saturated heterocycles. The average Bonchev–Trinajstić information content (AvgIpc) is 2.53. The Morgan fingerprint density at radius 1 is 1.21 bits per heavy atom. The number of carbonyl (C=O) groups is 2. The molecule has 0 aromatic carbocycles. The number of carboxylic acids is 1. The van der Waals surface area contributed by atoms with Gasteiger partial charge in [0.2, 0.25) is 0 Å². The summed E-state index contributed by atoms with van der Waals surface area (Å²) in [7, 11) is 6.29. The number of amides is 1. The first-order chi connectivity index (χ1) is 12.6. The number of hydrogen-bond donors (Lipinski definition) is 3. The molecule has 160 valence electrons. The topological polar surface area (TPSA) is 147 Å². The van der Waals surface area contributed by atoms with E-state index in [0.29, 0.717) is 12.6 Å². The number of alkyl halides is 3. The zero-order chi connectivity index (χ0) is 22.3. The molecule has 13 heteroatoms. The minimum Gasteiger partial charge on any atom is -0.542 e. The molecule has 1 atom stereocenters. The lowest BCUT2D eigenvalue weighted by atomic mass is 10.1. The lowest BCUT2D eigenvalue weighted by Gasteiger charge is -2.34. The van der Waals surface area contributed by atoms with Crippen molar-refractivity contribution in [3.63, 3.8) is 0 Å². The molecule has 1 heterocycles. The van der Waals surface area contributed by atoms with E-state index in [1.165, 1.54) is 0 Å². The van der Waals surface area contributed by atoms with Crippen LogP contribution in [0.4, 0.5) is 24.8 Å². The maximum Gasteiger partial charge on any atom is 0.430 e. The standard InChI is InChI=1S/C13H23ClN6O.C2HF3O2/c1-5-6-8(20(2,3)4)7-17-13(21)9-11(15)19-12(16)10(14)18-9;3-2(4,5)1(6)7/h8H,5-7H2,1-4H3,(H4-,15,16,17,19,21);(H,6,7)/t8-;/m0./s1. The number of nitrogens with two attached hydrogens (primary N) is 2. The number of aliphatic carboxylic acids is 1. The monoisotopic (exact) mass is 428 g/mol. The first-order valence-electron chi connectivity index (χ1n) is 8.07. The summed E-state index contributed by atoms with van der Waals surface area (Å²) in [6.07, 6.45) is -3.14. The Labute approximate surface area is 165 Å². The largest absolute Gasteiger partial charge is 0.542 e. The highest BCUT2D eigenvalue weighted by molar-refractivity contribution is 6.31. The van der Waals surface area contributed by atoms with E-state index in [4.69, 9.17) is 33.0 Å². The van der Waals surface area contributed by atoms with Crippen LogP contribution in [0.5, 0.6) is 0 Å². The maximum atomic E-state index is 12.2. The highest BCUT2D eigenvalue weighted by Crippen LogP contribution is 2.17. The molecule has 1 rings (SSSR count). The summed E-state index contributed by atoms with van der Waals surface area (Å²) < 4.78 is 32.3. The number of likely N-dealkylation sites (N-methyl/N-ethyl adjacent to an activating group) is 1. The quantitative estimate of drug-likeness (QED) is 0.548. The lowest BCUT2D eigenvalue weighted by molar-refractivity contribution is -0.895. The van der Waals surface area contributed by atoms with E-state index < -0.39 is 18.1 Å². The Bertz CT molecular complexity index is 695. The van der Waals surface area contributed by atoms with E-state index in [2.05, 4.69) is 43.4 Å². The second-order valence-electron chi connectivity index (χ2n) is 6.69. The molecule has 0 aliphatic rings. The Hall–Kier alpha value is -2.34. The van der Waals surface area contributed by atoms with Gasteiger partial charge in [0.1, 0.15) is 12.0 Å². The number of nitrogens with one attached hydrogen (secondary N) is 1. The number of halogens is 4. The Kier molecular flexibility index (Phi) is 9.41. The summed E-state index contributed by atoms with van der Waals surface area (Å²) in [5, 5.41) is 11.6. The fraction of sp³-hybridized carbons (Fsp3) is 0.600. The molecule has 0 saturated carbocycles. The molecule has 0 spiro atoms. The average molecular weight is 429 g/mol. The van der Waals surface area contributed by atoms with E-state index >= 15 is 0 Å². The number of hydrogen-bond acceptors (Lipinski definition) is 7. The molecular weight excluding hydrogens is 405 g/mol. The van der Waals surface area contributed by atoms with Crippen LogP contribution in [-0.2, 0) is 4.79 Å². The van der Waals surface area contributed by atoms with Crippen LogP contribution in [0, 0.1) is 0 Å². The molecule has 1 aromatic rings. The lowest BCUT2D eigenvalue weighted by Crippen LogP contribution is -2.51. The molecule has 1 aromatic heterocycles. The van der Waals surface area contributed by atoms with Gasteiger partial charge in [-0.1, -0.05) is 24.9 Å². The van der Waals surface area contributed by atoms with Gasteiger partial charge in [-0.05, 0) is 0 Å². The van der Waals surface area contributed by atoms with Crippen molar-refractivity contribution in [1.29, 1.82) is 0 Å². The van der Waals surface area contributed by atoms with Crippen molar-refractivity contribution in [1.82, 2.24) is 15.3 Å². The highest BCUT2D eigenvalue weighted by Gasteiger charge is 2.29. The summed E-state index contributed by atoms with van der Waals surface area (Å²) >= 11 is 5.78. The molecule has 0 bridgehead atoms. The van der Waals surface area contributed by atoms with Gasteiger partial charge in [-0.3, -0.25) is 4.79 Å². The summed E-state index contributed by atoms with van der Waals surface area (Å²) in [6.45, 7) is 2.65. The van der Waals surface area contributed by atoms with Crippen LogP contribution in [0.15, 0.2) is 0 Å². The van der Waals surface area contributed by atoms with Crippen LogP contribution in [0.1, 0.15) is 30.3 Å². The molecule has 9 nitrogen and oxygen atoms in total. The van der Waals surface area contributed by atoms with Crippen molar-refractivity contribution in [3.05, 3.63) is 10.8 Å². The van der Waals surface area contributed by atoms with Crippen LogP contribution >= 0.6 is 11.6 Å². The van der Waals surface area contributed by atoms with Gasteiger partial charge < -0.3 is 31.2 Å². The maximum absolute atomic E-state index is 12.2. The zero-order valence-corrected chi connectivity index (χ0v) is 16.7. The number of nitrogen functional groups attached to an aromatic ring is 2. The summed E-state index contributed by atoms with van der Waals surface area (Å²) in [5.74, 6) is -3.41. The predicted octanol–water partition coefficient (Wildman–Crippen LogP) is 0.198. The van der Waals surface area contributed by atoms with Crippen LogP contribution < -0.4 is 21.9 Å². The Morgan fingerprint density at radius 3 is 2.11 bits per heavy atom. The summed E-state index contributed by atoms with van der Waals surface area (Å²) in [5.41, 5.74) is 11.2. The third kappa shape index (κ3) is 8.57. The highest BCUT2D eigenvalue weighted by atomic mass is 35.5. The number of quaternary nitrogens is 1. The normalized spacial score (nSPS) is 12.6. The first kappa shape index (κ1) is 25.7. The number of carbonyl (C=O) groups excluding carboxylic acids is 2. The van der Waals surface area contributed by atoms with Crippen LogP contribution in [0.25, 0.3) is 0 Å². The van der Waals surface area contributed by atoms with E-state index in [1.54, 1.807) is 0 Å². The van der Waals surface area contributed by atoms with Crippen LogP contribution in [0.3, 0.4) is 0 Å². The van der Waals surface area contributed by atoms with Gasteiger partial charge in [0, 0.05) is 6.42 Å². The minimum absolute atomic E-state index is 0.00542. The SMILES string of the molecule is CCC[C@@H](CNC(=O)c1nc(Cl)c(N)nc1N)[N+](C)(C)C.O=C([O-])C(F)(F)F. The number of carboxylic acid groups (broad SMARTS) is 1. The van der Waals surface area contributed by atoms with Crippen molar-refractivity contribution < 1.29 is 32.3 Å². The van der Waals surface area contributed by atoms with Gasteiger partial charge in [-0.2, -0.15) is 13.2 Å². The molecule has 1 amide bonds. The second kappa shape index (κ2) is 10.3. The fourth-order valence-corrected chi connectivity index (χ4v) is 2.13. The van der Waals surface area contributed by atoms with Gasteiger partial charge in [0.05, 0.1) is 27.7 Å². The van der Waals surface area contributed by atoms with Crippen molar-refractivity contribution >= 4 is 35.1 Å². The van der Waals surface area contributed by atoms with Gasteiger partial charge in [-0.25, -0.2) is 9.97 Å². The number of anilines is 2. The smallest absolute Gasteiger partial charge is 0.430 e. The van der Waals surface area contributed by atoms with Gasteiger partial charge >= 0.3 is 6.18 Å². The molecule has 0 aliphatic carbocycles. The van der Waals surface area contributed by atoms with E-state index in [9.17, 15) is 18.0 Å². The summed E-state index contributed by atoms with van der Waals surface area (Å²) in [4.78, 5) is 28.6. The van der Waals surface area contributed by atoms with Crippen LogP contribution in [0.2, 0.25) is 5.15 Å². The number of nitrogens with zero attached hydrogens (tertiary/aromatic N) is 3. The number of rotatable bonds is 6. The molecule has 28 heavy (non-hydrogen) atoms. The van der Waals surface area contributed by atoms with Gasteiger partial charge in [0.25, 0.3) is 5.91 Å². The minimum atomic E-state index is -5.19. The molecule has 5 N–H and O–H groups in total. The van der Waals surface area contributed by atoms with Gasteiger partial charge in [0.15, 0.2) is 22.5 Å².